The topological polar surface area (TPSA) is 21.3 Å². The third-order valence-electron chi connectivity index (χ3n) is 3.29. The molecule has 2 heteroatoms. The van der Waals surface area contributed by atoms with Crippen LogP contribution in [0.2, 0.25) is 0 Å². The zero-order valence-electron chi connectivity index (χ0n) is 10.9. The van der Waals surface area contributed by atoms with Crippen molar-refractivity contribution in [2.24, 2.45) is 5.92 Å². The van der Waals surface area contributed by atoms with E-state index >= 15 is 0 Å². The first-order valence-corrected chi connectivity index (χ1v) is 6.63. The summed E-state index contributed by atoms with van der Waals surface area (Å²) in [6, 6.07) is 9.07. The molecular weight excluding hydrogens is 210 g/mol. The van der Waals surface area contributed by atoms with Crippen LogP contribution in [0.15, 0.2) is 24.3 Å². The van der Waals surface area contributed by atoms with Crippen LogP contribution in [0.4, 0.5) is 0 Å². The summed E-state index contributed by atoms with van der Waals surface area (Å²) in [5.41, 5.74) is 2.67. The summed E-state index contributed by atoms with van der Waals surface area (Å²) < 4.78 is 5.61. The Labute approximate surface area is 104 Å². The normalized spacial score (nSPS) is 17.1. The minimum absolute atomic E-state index is 0.402. The van der Waals surface area contributed by atoms with Gasteiger partial charge in [-0.2, -0.15) is 0 Å². The van der Waals surface area contributed by atoms with Crippen LogP contribution >= 0.6 is 0 Å². The molecule has 0 saturated heterocycles. The summed E-state index contributed by atoms with van der Waals surface area (Å²) in [6.45, 7) is 7.06. The molecule has 0 radical (unpaired) electrons. The maximum Gasteiger partial charge on any atom is 0.0591 e. The summed E-state index contributed by atoms with van der Waals surface area (Å²) in [6.07, 6.45) is 2.74. The highest BCUT2D eigenvalue weighted by Crippen LogP contribution is 2.28. The average Bonchev–Trinajstić information content (AvgIpc) is 3.12. The fraction of sp³-hybridized carbons (Fsp3) is 0.600. The standard InChI is InChI=1S/C15H23NO/c1-12-4-3-5-15(10-12)13(2)16-8-9-17-11-14-6-7-14/h3-5,10,13-14,16H,6-9,11H2,1-2H3. The second-order valence-electron chi connectivity index (χ2n) is 5.11. The van der Waals surface area contributed by atoms with E-state index in [-0.39, 0.29) is 0 Å². The largest absolute Gasteiger partial charge is 0.380 e. The van der Waals surface area contributed by atoms with Crippen LogP contribution < -0.4 is 5.32 Å². The average molecular weight is 233 g/mol. The van der Waals surface area contributed by atoms with Gasteiger partial charge >= 0.3 is 0 Å². The highest BCUT2D eigenvalue weighted by atomic mass is 16.5. The Kier molecular flexibility index (Phi) is 4.57. The summed E-state index contributed by atoms with van der Waals surface area (Å²) in [4.78, 5) is 0. The van der Waals surface area contributed by atoms with E-state index in [9.17, 15) is 0 Å². The third kappa shape index (κ3) is 4.49. The van der Waals surface area contributed by atoms with Gasteiger partial charge in [0.25, 0.3) is 0 Å². The van der Waals surface area contributed by atoms with Gasteiger partial charge in [0.2, 0.25) is 0 Å². The van der Waals surface area contributed by atoms with Crippen LogP contribution in [0.25, 0.3) is 0 Å². The lowest BCUT2D eigenvalue weighted by atomic mass is 10.1. The lowest BCUT2D eigenvalue weighted by Gasteiger charge is -2.14. The number of rotatable bonds is 7. The maximum absolute atomic E-state index is 5.61. The van der Waals surface area contributed by atoms with Crippen molar-refractivity contribution in [3.05, 3.63) is 35.4 Å². The van der Waals surface area contributed by atoms with E-state index in [4.69, 9.17) is 4.74 Å². The molecule has 17 heavy (non-hydrogen) atoms. The number of nitrogens with one attached hydrogen (secondary N) is 1. The molecule has 94 valence electrons. The molecule has 0 bridgehead atoms. The molecule has 0 heterocycles. The lowest BCUT2D eigenvalue weighted by molar-refractivity contribution is 0.124. The number of hydrogen-bond acceptors (Lipinski definition) is 2. The second-order valence-corrected chi connectivity index (χ2v) is 5.11. The van der Waals surface area contributed by atoms with E-state index in [1.807, 2.05) is 0 Å². The molecule has 1 unspecified atom stereocenters. The van der Waals surface area contributed by atoms with Gasteiger partial charge < -0.3 is 10.1 Å². The molecular formula is C15H23NO. The summed E-state index contributed by atoms with van der Waals surface area (Å²) >= 11 is 0. The Hall–Kier alpha value is -0.860. The minimum Gasteiger partial charge on any atom is -0.380 e. The number of hydrogen-bond donors (Lipinski definition) is 1. The van der Waals surface area contributed by atoms with E-state index < -0.39 is 0 Å². The molecule has 0 aliphatic heterocycles. The quantitative estimate of drug-likeness (QED) is 0.731. The highest BCUT2D eigenvalue weighted by molar-refractivity contribution is 5.24. The molecule has 1 N–H and O–H groups in total. The molecule has 1 saturated carbocycles. The first-order valence-electron chi connectivity index (χ1n) is 6.63. The molecule has 1 aromatic rings. The van der Waals surface area contributed by atoms with Crippen molar-refractivity contribution in [3.63, 3.8) is 0 Å². The third-order valence-corrected chi connectivity index (χ3v) is 3.29. The van der Waals surface area contributed by atoms with Crippen molar-refractivity contribution < 1.29 is 4.74 Å². The van der Waals surface area contributed by atoms with Crippen molar-refractivity contribution in [3.8, 4) is 0 Å². The lowest BCUT2D eigenvalue weighted by Crippen LogP contribution is -2.23. The molecule has 0 amide bonds. The summed E-state index contributed by atoms with van der Waals surface area (Å²) in [7, 11) is 0. The predicted molar refractivity (Wildman–Crippen MR) is 71.1 cm³/mol. The monoisotopic (exact) mass is 233 g/mol. The molecule has 1 atom stereocenters. The number of ether oxygens (including phenoxy) is 1. The molecule has 1 aliphatic carbocycles. The summed E-state index contributed by atoms with van der Waals surface area (Å²) in [5, 5.41) is 3.50. The van der Waals surface area contributed by atoms with Crippen molar-refractivity contribution in [2.45, 2.75) is 32.7 Å². The zero-order chi connectivity index (χ0) is 12.1. The van der Waals surface area contributed by atoms with E-state index in [0.717, 1.165) is 25.7 Å². The molecule has 0 aromatic heterocycles. The Morgan fingerprint density at radius 2 is 2.24 bits per heavy atom. The van der Waals surface area contributed by atoms with E-state index in [1.54, 1.807) is 0 Å². The van der Waals surface area contributed by atoms with Crippen LogP contribution in [0.3, 0.4) is 0 Å². The molecule has 2 nitrogen and oxygen atoms in total. The Balaban J connectivity index is 1.63. The van der Waals surface area contributed by atoms with E-state index in [0.29, 0.717) is 6.04 Å². The van der Waals surface area contributed by atoms with Gasteiger partial charge in [-0.25, -0.2) is 0 Å². The van der Waals surface area contributed by atoms with E-state index in [1.165, 1.54) is 24.0 Å². The van der Waals surface area contributed by atoms with Crippen LogP contribution in [-0.2, 0) is 4.74 Å². The number of aryl methyl sites for hydroxylation is 1. The summed E-state index contributed by atoms with van der Waals surface area (Å²) in [5.74, 6) is 0.865. The van der Waals surface area contributed by atoms with Gasteiger partial charge in [0.05, 0.1) is 6.61 Å². The van der Waals surface area contributed by atoms with Crippen LogP contribution in [-0.4, -0.2) is 19.8 Å². The fourth-order valence-electron chi connectivity index (χ4n) is 1.94. The Morgan fingerprint density at radius 1 is 1.41 bits per heavy atom. The highest BCUT2D eigenvalue weighted by Gasteiger charge is 2.20. The molecule has 1 aliphatic rings. The zero-order valence-corrected chi connectivity index (χ0v) is 10.9. The van der Waals surface area contributed by atoms with Crippen molar-refractivity contribution in [2.75, 3.05) is 19.8 Å². The van der Waals surface area contributed by atoms with Gasteiger partial charge in [0.15, 0.2) is 0 Å². The maximum atomic E-state index is 5.61. The van der Waals surface area contributed by atoms with Gasteiger partial charge in [-0.3, -0.25) is 0 Å². The van der Waals surface area contributed by atoms with Crippen LogP contribution in [0.1, 0.15) is 36.9 Å². The number of benzene rings is 1. The van der Waals surface area contributed by atoms with Crippen LogP contribution in [0.5, 0.6) is 0 Å². The van der Waals surface area contributed by atoms with Crippen molar-refractivity contribution >= 4 is 0 Å². The Bertz CT molecular complexity index is 347. The molecule has 1 aromatic carbocycles. The van der Waals surface area contributed by atoms with Crippen LogP contribution in [0, 0.1) is 12.8 Å². The predicted octanol–water partition coefficient (Wildman–Crippen LogP) is 3.07. The van der Waals surface area contributed by atoms with Gasteiger partial charge in [0.1, 0.15) is 0 Å². The van der Waals surface area contributed by atoms with Gasteiger partial charge in [-0.15, -0.1) is 0 Å². The van der Waals surface area contributed by atoms with Gasteiger partial charge in [-0.1, -0.05) is 29.8 Å². The van der Waals surface area contributed by atoms with E-state index in [2.05, 4.69) is 43.4 Å². The molecule has 0 spiro atoms. The van der Waals surface area contributed by atoms with Gasteiger partial charge in [0, 0.05) is 19.2 Å². The smallest absolute Gasteiger partial charge is 0.0591 e. The van der Waals surface area contributed by atoms with Crippen molar-refractivity contribution in [1.29, 1.82) is 0 Å². The SMILES string of the molecule is Cc1cccc(C(C)NCCOCC2CC2)c1. The minimum atomic E-state index is 0.402. The first-order chi connectivity index (χ1) is 8.25. The second kappa shape index (κ2) is 6.18. The Morgan fingerprint density at radius 3 is 2.94 bits per heavy atom. The fourth-order valence-corrected chi connectivity index (χ4v) is 1.94. The first kappa shape index (κ1) is 12.6. The van der Waals surface area contributed by atoms with Crippen molar-refractivity contribution in [1.82, 2.24) is 5.32 Å². The molecule has 1 fully saturated rings. The molecule has 2 rings (SSSR count). The van der Waals surface area contributed by atoms with Gasteiger partial charge in [-0.05, 0) is 38.2 Å².